The van der Waals surface area contributed by atoms with Crippen molar-refractivity contribution >= 4 is 18.0 Å². The van der Waals surface area contributed by atoms with E-state index in [0.717, 1.165) is 12.7 Å². The van der Waals surface area contributed by atoms with Crippen LogP contribution in [0.5, 0.6) is 0 Å². The average Bonchev–Trinajstić information content (AvgIpc) is 2.60. The summed E-state index contributed by atoms with van der Waals surface area (Å²) in [5, 5.41) is 8.74. The van der Waals surface area contributed by atoms with Crippen LogP contribution in [0.1, 0.15) is 41.0 Å². The second-order valence-corrected chi connectivity index (χ2v) is 7.18. The number of hydrogen-bond donors (Lipinski definition) is 3. The van der Waals surface area contributed by atoms with Crippen molar-refractivity contribution in [1.29, 1.82) is 0 Å². The number of hydrogen-bond acceptors (Lipinski definition) is 7. The van der Waals surface area contributed by atoms with E-state index >= 15 is 0 Å². The van der Waals surface area contributed by atoms with E-state index in [9.17, 15) is 14.4 Å². The highest BCUT2D eigenvalue weighted by atomic mass is 16.5. The Morgan fingerprint density at radius 3 is 2.23 bits per heavy atom. The molecule has 1 amide bonds. The lowest BCUT2D eigenvalue weighted by Crippen LogP contribution is -2.51. The van der Waals surface area contributed by atoms with Gasteiger partial charge < -0.3 is 24.9 Å². The molecule has 0 bridgehead atoms. The fourth-order valence-electron chi connectivity index (χ4n) is 1.78. The summed E-state index contributed by atoms with van der Waals surface area (Å²) in [5.74, 6) is -0.261. The minimum atomic E-state index is -0.839. The maximum absolute atomic E-state index is 12.2. The van der Waals surface area contributed by atoms with E-state index in [-0.39, 0.29) is 24.8 Å². The molecule has 0 aromatic carbocycles. The molecule has 0 aliphatic heterocycles. The first-order valence-corrected chi connectivity index (χ1v) is 9.06. The monoisotopic (exact) mass is 373 g/mol. The van der Waals surface area contributed by atoms with Gasteiger partial charge in [-0.1, -0.05) is 6.92 Å². The number of ketones is 1. The van der Waals surface area contributed by atoms with Gasteiger partial charge in [0.15, 0.2) is 5.78 Å². The Labute approximate surface area is 156 Å². The van der Waals surface area contributed by atoms with Gasteiger partial charge in [-0.05, 0) is 34.1 Å². The van der Waals surface area contributed by atoms with E-state index in [1.807, 2.05) is 6.92 Å². The molecule has 0 radical (unpaired) electrons. The van der Waals surface area contributed by atoms with Crippen molar-refractivity contribution in [2.24, 2.45) is 0 Å². The van der Waals surface area contributed by atoms with Gasteiger partial charge in [0.1, 0.15) is 12.9 Å². The molecule has 0 fully saturated rings. The van der Waals surface area contributed by atoms with Gasteiger partial charge in [0.05, 0.1) is 37.4 Å². The molecule has 8 heteroatoms. The quantitative estimate of drug-likeness (QED) is 0.259. The third kappa shape index (κ3) is 12.1. The van der Waals surface area contributed by atoms with Crippen LogP contribution in [0.15, 0.2) is 0 Å². The smallest absolute Gasteiger partial charge is 0.233 e. The molecule has 0 saturated heterocycles. The summed E-state index contributed by atoms with van der Waals surface area (Å²) in [6.45, 7) is 11.4. The minimum absolute atomic E-state index is 0.0453. The second kappa shape index (κ2) is 12.9. The van der Waals surface area contributed by atoms with Crippen molar-refractivity contribution in [1.82, 2.24) is 16.0 Å². The molecule has 0 aromatic heterocycles. The minimum Gasteiger partial charge on any atom is -0.378 e. The third-order valence-electron chi connectivity index (χ3n) is 3.69. The molecule has 0 aromatic rings. The Balaban J connectivity index is 3.79. The van der Waals surface area contributed by atoms with Crippen LogP contribution in [0.4, 0.5) is 0 Å². The van der Waals surface area contributed by atoms with Crippen LogP contribution in [0.25, 0.3) is 0 Å². The number of nitrogens with one attached hydrogen (secondary N) is 3. The zero-order valence-corrected chi connectivity index (χ0v) is 16.8. The number of carbonyl (C=O) groups excluding carboxylic acids is 3. The lowest BCUT2D eigenvalue weighted by atomic mass is 10.00. The van der Waals surface area contributed by atoms with Crippen molar-refractivity contribution in [3.05, 3.63) is 0 Å². The Bertz CT molecular complexity index is 439. The molecule has 26 heavy (non-hydrogen) atoms. The predicted octanol–water partition coefficient (Wildman–Crippen LogP) is 0.0502. The standard InChI is InChI=1S/C18H35N3O5/c1-6-7-19-16(24)12-21-18(4,5)15(23)13-26-11-10-25-9-8-20-17(2,3)14-22/h14,20-21H,6-13H2,1-5H3,(H,19,24). The van der Waals surface area contributed by atoms with Crippen LogP contribution >= 0.6 is 0 Å². The maximum Gasteiger partial charge on any atom is 0.233 e. The first-order chi connectivity index (χ1) is 12.1. The van der Waals surface area contributed by atoms with Gasteiger partial charge in [-0.3, -0.25) is 14.9 Å². The highest BCUT2D eigenvalue weighted by Crippen LogP contribution is 2.04. The summed E-state index contributed by atoms with van der Waals surface area (Å²) < 4.78 is 10.7. The summed E-state index contributed by atoms with van der Waals surface area (Å²) in [5.41, 5.74) is -1.40. The van der Waals surface area contributed by atoms with E-state index in [4.69, 9.17) is 9.47 Å². The van der Waals surface area contributed by atoms with Crippen molar-refractivity contribution in [2.45, 2.75) is 52.1 Å². The van der Waals surface area contributed by atoms with Gasteiger partial charge in [0.25, 0.3) is 0 Å². The number of carbonyl (C=O) groups is 3. The van der Waals surface area contributed by atoms with Crippen LogP contribution in [0.3, 0.4) is 0 Å². The van der Waals surface area contributed by atoms with Crippen molar-refractivity contribution in [2.75, 3.05) is 46.1 Å². The molecule has 0 unspecified atom stereocenters. The number of amides is 1. The van der Waals surface area contributed by atoms with Gasteiger partial charge in [-0.2, -0.15) is 0 Å². The highest BCUT2D eigenvalue weighted by Gasteiger charge is 2.27. The SMILES string of the molecule is CCCNC(=O)CNC(C)(C)C(=O)COCCOCCNC(C)(C)C=O. The van der Waals surface area contributed by atoms with Gasteiger partial charge >= 0.3 is 0 Å². The fourth-order valence-corrected chi connectivity index (χ4v) is 1.78. The molecule has 0 aliphatic rings. The molecule has 0 saturated carbocycles. The van der Waals surface area contributed by atoms with E-state index in [1.165, 1.54) is 0 Å². The Morgan fingerprint density at radius 1 is 0.962 bits per heavy atom. The number of aldehydes is 1. The van der Waals surface area contributed by atoms with Crippen LogP contribution < -0.4 is 16.0 Å². The van der Waals surface area contributed by atoms with Gasteiger partial charge in [0.2, 0.25) is 5.91 Å². The normalized spacial score (nSPS) is 12.0. The number of ether oxygens (including phenoxy) is 2. The summed E-state index contributed by atoms with van der Waals surface area (Å²) >= 11 is 0. The Hall–Kier alpha value is -1.35. The molecular formula is C18H35N3O5. The number of Topliss-reactive ketones (excluding diaryl/α,β-unsaturated/α-hetero) is 1. The molecule has 0 atom stereocenters. The Morgan fingerprint density at radius 2 is 1.62 bits per heavy atom. The van der Waals surface area contributed by atoms with Gasteiger partial charge in [0, 0.05) is 13.1 Å². The zero-order chi connectivity index (χ0) is 20.1. The molecule has 0 aliphatic carbocycles. The summed E-state index contributed by atoms with van der Waals surface area (Å²) in [6, 6.07) is 0. The van der Waals surface area contributed by atoms with E-state index in [2.05, 4.69) is 16.0 Å². The maximum atomic E-state index is 12.2. The third-order valence-corrected chi connectivity index (χ3v) is 3.69. The molecular weight excluding hydrogens is 338 g/mol. The fraction of sp³-hybridized carbons (Fsp3) is 0.833. The van der Waals surface area contributed by atoms with Crippen LogP contribution in [0, 0.1) is 0 Å². The van der Waals surface area contributed by atoms with Crippen molar-refractivity contribution in [3.63, 3.8) is 0 Å². The van der Waals surface area contributed by atoms with Gasteiger partial charge in [-0.15, -0.1) is 0 Å². The summed E-state index contributed by atoms with van der Waals surface area (Å²) in [4.78, 5) is 34.5. The molecule has 3 N–H and O–H groups in total. The zero-order valence-electron chi connectivity index (χ0n) is 16.8. The topological polar surface area (TPSA) is 106 Å². The van der Waals surface area contributed by atoms with E-state index in [0.29, 0.717) is 32.9 Å². The molecule has 152 valence electrons. The van der Waals surface area contributed by atoms with Crippen LogP contribution in [-0.2, 0) is 23.9 Å². The first kappa shape index (κ1) is 24.7. The highest BCUT2D eigenvalue weighted by molar-refractivity contribution is 5.89. The lowest BCUT2D eigenvalue weighted by molar-refractivity contribution is -0.130. The average molecular weight is 373 g/mol. The van der Waals surface area contributed by atoms with Gasteiger partial charge in [-0.25, -0.2) is 0 Å². The van der Waals surface area contributed by atoms with Crippen molar-refractivity contribution in [3.8, 4) is 0 Å². The summed E-state index contributed by atoms with van der Waals surface area (Å²) in [6.07, 6.45) is 1.72. The lowest BCUT2D eigenvalue weighted by Gasteiger charge is -2.24. The van der Waals surface area contributed by atoms with E-state index < -0.39 is 11.1 Å². The largest absolute Gasteiger partial charge is 0.378 e. The molecule has 0 rings (SSSR count). The number of rotatable bonds is 16. The van der Waals surface area contributed by atoms with E-state index in [1.54, 1.807) is 27.7 Å². The van der Waals surface area contributed by atoms with Crippen LogP contribution in [0.2, 0.25) is 0 Å². The Kier molecular flexibility index (Phi) is 12.2. The first-order valence-electron chi connectivity index (χ1n) is 9.06. The summed E-state index contributed by atoms with van der Waals surface area (Å²) in [7, 11) is 0. The second-order valence-electron chi connectivity index (χ2n) is 7.18. The van der Waals surface area contributed by atoms with Crippen molar-refractivity contribution < 1.29 is 23.9 Å². The predicted molar refractivity (Wildman–Crippen MR) is 100 cm³/mol. The molecule has 8 nitrogen and oxygen atoms in total. The van der Waals surface area contributed by atoms with Crippen LogP contribution in [-0.4, -0.2) is 75.1 Å². The molecule has 0 spiro atoms. The molecule has 0 heterocycles.